The number of carbonyl (C=O) groups excluding carboxylic acids is 1. The van der Waals surface area contributed by atoms with Crippen LogP contribution in [0.3, 0.4) is 0 Å². The fourth-order valence-electron chi connectivity index (χ4n) is 2.88. The van der Waals surface area contributed by atoms with Gasteiger partial charge in [-0.25, -0.2) is 0 Å². The van der Waals surface area contributed by atoms with E-state index in [-0.39, 0.29) is 43.1 Å². The van der Waals surface area contributed by atoms with Crippen LogP contribution in [0.15, 0.2) is 30.3 Å². The molecule has 2 rings (SSSR count). The van der Waals surface area contributed by atoms with Crippen molar-refractivity contribution in [3.63, 3.8) is 0 Å². The molecule has 152 valence electrons. The van der Waals surface area contributed by atoms with E-state index in [1.807, 2.05) is 7.05 Å². The highest BCUT2D eigenvalue weighted by Crippen LogP contribution is 2.07. The minimum atomic E-state index is 0. The Morgan fingerprint density at radius 1 is 0.962 bits per heavy atom. The van der Waals surface area contributed by atoms with Crippen LogP contribution in [-0.4, -0.2) is 68.6 Å². The van der Waals surface area contributed by atoms with Crippen molar-refractivity contribution in [1.29, 1.82) is 0 Å². The molecule has 1 aromatic carbocycles. The average Bonchev–Trinajstić information content (AvgIpc) is 2.58. The molecular weight excluding hydrogens is 395 g/mol. The lowest BCUT2D eigenvalue weighted by Crippen LogP contribution is -2.48. The second kappa shape index (κ2) is 16.6. The number of hydrogen-bond acceptors (Lipinski definition) is 4. The van der Waals surface area contributed by atoms with Crippen molar-refractivity contribution in [3.05, 3.63) is 35.9 Å². The highest BCUT2D eigenvalue weighted by Gasteiger charge is 2.16. The molecule has 1 saturated heterocycles. The SMILES string of the molecule is CNCCCC(=O)NCCN1CCN(Cc2ccccc2)CC1.Cl.Cl.Cl. The Morgan fingerprint density at radius 2 is 1.58 bits per heavy atom. The first-order valence-corrected chi connectivity index (χ1v) is 8.68. The summed E-state index contributed by atoms with van der Waals surface area (Å²) in [5, 5.41) is 6.08. The molecule has 2 N–H and O–H groups in total. The highest BCUT2D eigenvalue weighted by molar-refractivity contribution is 5.86. The molecule has 1 heterocycles. The minimum absolute atomic E-state index is 0. The van der Waals surface area contributed by atoms with Gasteiger partial charge in [0.25, 0.3) is 0 Å². The molecule has 0 aromatic heterocycles. The van der Waals surface area contributed by atoms with Crippen LogP contribution in [0, 0.1) is 0 Å². The van der Waals surface area contributed by atoms with Gasteiger partial charge in [-0.2, -0.15) is 0 Å². The lowest BCUT2D eigenvalue weighted by atomic mass is 10.2. The van der Waals surface area contributed by atoms with E-state index in [4.69, 9.17) is 0 Å². The molecule has 1 aliphatic rings. The molecule has 1 amide bonds. The topological polar surface area (TPSA) is 47.6 Å². The summed E-state index contributed by atoms with van der Waals surface area (Å²) in [6, 6.07) is 10.6. The number of halogens is 3. The molecule has 0 unspecified atom stereocenters. The maximum Gasteiger partial charge on any atom is 0.220 e. The summed E-state index contributed by atoms with van der Waals surface area (Å²) in [5.41, 5.74) is 1.38. The van der Waals surface area contributed by atoms with Crippen LogP contribution in [0.2, 0.25) is 0 Å². The number of nitrogens with zero attached hydrogens (tertiary/aromatic N) is 2. The first-order valence-electron chi connectivity index (χ1n) is 8.68. The lowest BCUT2D eigenvalue weighted by Gasteiger charge is -2.34. The predicted molar refractivity (Wildman–Crippen MR) is 116 cm³/mol. The molecule has 0 aliphatic carbocycles. The van der Waals surface area contributed by atoms with Crippen molar-refractivity contribution in [2.45, 2.75) is 19.4 Å². The van der Waals surface area contributed by atoms with Crippen LogP contribution < -0.4 is 10.6 Å². The molecule has 26 heavy (non-hydrogen) atoms. The maximum atomic E-state index is 11.6. The average molecular weight is 428 g/mol. The van der Waals surface area contributed by atoms with Crippen molar-refractivity contribution in [2.75, 3.05) is 52.9 Å². The van der Waals surface area contributed by atoms with Crippen molar-refractivity contribution < 1.29 is 4.79 Å². The Hall–Kier alpha value is -0.560. The van der Waals surface area contributed by atoms with Gasteiger partial charge in [0.05, 0.1) is 0 Å². The molecule has 8 heteroatoms. The molecular formula is C18H33Cl3N4O. The van der Waals surface area contributed by atoms with Crippen LogP contribution in [0.4, 0.5) is 0 Å². The van der Waals surface area contributed by atoms with Crippen molar-refractivity contribution in [2.24, 2.45) is 0 Å². The first-order chi connectivity index (χ1) is 11.3. The third-order valence-corrected chi connectivity index (χ3v) is 4.29. The van der Waals surface area contributed by atoms with Crippen LogP contribution in [0.25, 0.3) is 0 Å². The van der Waals surface area contributed by atoms with Gasteiger partial charge in [-0.05, 0) is 25.6 Å². The molecule has 1 aromatic rings. The van der Waals surface area contributed by atoms with Gasteiger partial charge in [0.15, 0.2) is 0 Å². The fourth-order valence-corrected chi connectivity index (χ4v) is 2.88. The van der Waals surface area contributed by atoms with Crippen LogP contribution in [0.1, 0.15) is 18.4 Å². The number of hydrogen-bond donors (Lipinski definition) is 2. The van der Waals surface area contributed by atoms with E-state index in [9.17, 15) is 4.79 Å². The van der Waals surface area contributed by atoms with Gasteiger partial charge in [-0.3, -0.25) is 14.6 Å². The summed E-state index contributed by atoms with van der Waals surface area (Å²) in [6.07, 6.45) is 1.52. The minimum Gasteiger partial charge on any atom is -0.355 e. The second-order valence-electron chi connectivity index (χ2n) is 6.16. The zero-order chi connectivity index (χ0) is 16.3. The predicted octanol–water partition coefficient (Wildman–Crippen LogP) is 2.19. The molecule has 0 atom stereocenters. The van der Waals surface area contributed by atoms with Gasteiger partial charge in [0, 0.05) is 52.2 Å². The van der Waals surface area contributed by atoms with E-state index >= 15 is 0 Å². The smallest absolute Gasteiger partial charge is 0.220 e. The van der Waals surface area contributed by atoms with Gasteiger partial charge in [-0.15, -0.1) is 37.2 Å². The Morgan fingerprint density at radius 3 is 2.19 bits per heavy atom. The van der Waals surface area contributed by atoms with E-state index in [0.29, 0.717) is 6.42 Å². The molecule has 1 fully saturated rings. The first kappa shape index (κ1) is 27.7. The largest absolute Gasteiger partial charge is 0.355 e. The summed E-state index contributed by atoms with van der Waals surface area (Å²) in [7, 11) is 1.91. The van der Waals surface area contributed by atoms with Crippen molar-refractivity contribution in [3.8, 4) is 0 Å². The van der Waals surface area contributed by atoms with Gasteiger partial charge in [-0.1, -0.05) is 30.3 Å². The zero-order valence-corrected chi connectivity index (χ0v) is 17.9. The second-order valence-corrected chi connectivity index (χ2v) is 6.16. The fraction of sp³-hybridized carbons (Fsp3) is 0.611. The Kier molecular flexibility index (Phi) is 17.7. The van der Waals surface area contributed by atoms with Gasteiger partial charge in [0.2, 0.25) is 5.91 Å². The van der Waals surface area contributed by atoms with E-state index in [2.05, 4.69) is 50.8 Å². The van der Waals surface area contributed by atoms with Crippen LogP contribution >= 0.6 is 37.2 Å². The van der Waals surface area contributed by atoms with E-state index in [1.165, 1.54) is 5.56 Å². The van der Waals surface area contributed by atoms with E-state index < -0.39 is 0 Å². The van der Waals surface area contributed by atoms with Crippen LogP contribution in [-0.2, 0) is 11.3 Å². The summed E-state index contributed by atoms with van der Waals surface area (Å²) >= 11 is 0. The molecule has 0 saturated carbocycles. The third-order valence-electron chi connectivity index (χ3n) is 4.29. The molecule has 0 spiro atoms. The monoisotopic (exact) mass is 426 g/mol. The molecule has 0 radical (unpaired) electrons. The van der Waals surface area contributed by atoms with Crippen LogP contribution in [0.5, 0.6) is 0 Å². The number of amides is 1. The number of piperazine rings is 1. The number of carbonyl (C=O) groups is 1. The standard InChI is InChI=1S/C18H30N4O.3ClH/c1-19-9-5-8-18(23)20-10-11-21-12-14-22(15-13-21)16-17-6-3-2-4-7-17;;;/h2-4,6-7,19H,5,8-16H2,1H3,(H,20,23);3*1H. The Balaban J connectivity index is 0. The lowest BCUT2D eigenvalue weighted by molar-refractivity contribution is -0.121. The third kappa shape index (κ3) is 11.2. The Bertz CT molecular complexity index is 457. The Labute approximate surface area is 176 Å². The molecule has 1 aliphatic heterocycles. The zero-order valence-electron chi connectivity index (χ0n) is 15.5. The van der Waals surface area contributed by atoms with Crippen molar-refractivity contribution >= 4 is 43.1 Å². The quantitative estimate of drug-likeness (QED) is 0.593. The van der Waals surface area contributed by atoms with Gasteiger partial charge >= 0.3 is 0 Å². The maximum absolute atomic E-state index is 11.6. The van der Waals surface area contributed by atoms with E-state index in [1.54, 1.807) is 0 Å². The van der Waals surface area contributed by atoms with Gasteiger partial charge in [0.1, 0.15) is 0 Å². The summed E-state index contributed by atoms with van der Waals surface area (Å²) in [5.74, 6) is 0.169. The molecule has 5 nitrogen and oxygen atoms in total. The number of nitrogens with one attached hydrogen (secondary N) is 2. The highest BCUT2D eigenvalue weighted by atomic mass is 35.5. The normalized spacial score (nSPS) is 14.5. The summed E-state index contributed by atoms with van der Waals surface area (Å²) in [6.45, 7) is 8.03. The number of rotatable bonds is 9. The van der Waals surface area contributed by atoms with Gasteiger partial charge < -0.3 is 10.6 Å². The van der Waals surface area contributed by atoms with Crippen molar-refractivity contribution in [1.82, 2.24) is 20.4 Å². The molecule has 0 bridgehead atoms. The summed E-state index contributed by atoms with van der Waals surface area (Å²) in [4.78, 5) is 16.6. The number of benzene rings is 1. The van der Waals surface area contributed by atoms with E-state index in [0.717, 1.165) is 58.8 Å². The summed E-state index contributed by atoms with van der Waals surface area (Å²) < 4.78 is 0.